The first-order chi connectivity index (χ1) is 15.8. The Kier molecular flexibility index (Phi) is 8.01. The fourth-order valence-electron chi connectivity index (χ4n) is 3.09. The first kappa shape index (κ1) is 24.6. The van der Waals surface area contributed by atoms with Crippen molar-refractivity contribution in [3.05, 3.63) is 52.8 Å². The lowest BCUT2D eigenvalue weighted by molar-refractivity contribution is -0.117. The first-order valence-corrected chi connectivity index (χ1v) is 12.4. The molecule has 1 aromatic heterocycles. The van der Waals surface area contributed by atoms with Crippen LogP contribution in [0, 0.1) is 0 Å². The molecule has 3 rings (SSSR count). The normalized spacial score (nSPS) is 12.2. The number of fused-ring (bicyclic) bond motifs is 1. The van der Waals surface area contributed by atoms with Gasteiger partial charge < -0.3 is 18.8 Å². The number of amides is 1. The number of hydrogen-bond donors (Lipinski definition) is 0. The molecular weight excluding hydrogens is 468 g/mol. The first-order valence-electron chi connectivity index (χ1n) is 9.94. The summed E-state index contributed by atoms with van der Waals surface area (Å²) in [6.45, 7) is 0.822. The Bertz CT molecular complexity index is 1320. The molecule has 11 heteroatoms. The minimum atomic E-state index is -3.65. The van der Waals surface area contributed by atoms with Crippen LogP contribution in [-0.2, 0) is 30.7 Å². The summed E-state index contributed by atoms with van der Waals surface area (Å²) < 4.78 is 42.6. The molecule has 176 valence electrons. The summed E-state index contributed by atoms with van der Waals surface area (Å²) in [6.07, 6.45) is -0.264. The number of thiazole rings is 1. The lowest BCUT2D eigenvalue weighted by Gasteiger charge is -2.05. The lowest BCUT2D eigenvalue weighted by Crippen LogP contribution is -2.20. The number of ether oxygens (including phenoxy) is 3. The number of benzene rings is 2. The Morgan fingerprint density at radius 2 is 1.79 bits per heavy atom. The Labute approximate surface area is 195 Å². The van der Waals surface area contributed by atoms with E-state index in [9.17, 15) is 18.0 Å². The highest BCUT2D eigenvalue weighted by atomic mass is 32.2. The van der Waals surface area contributed by atoms with Crippen LogP contribution in [0.2, 0.25) is 0 Å². The van der Waals surface area contributed by atoms with Crippen LogP contribution in [0.25, 0.3) is 10.2 Å². The van der Waals surface area contributed by atoms with Crippen LogP contribution in [0.5, 0.6) is 5.75 Å². The van der Waals surface area contributed by atoms with Crippen LogP contribution in [0.15, 0.2) is 52.4 Å². The third kappa shape index (κ3) is 5.86. The van der Waals surface area contributed by atoms with E-state index in [1.165, 1.54) is 37.7 Å². The van der Waals surface area contributed by atoms with Crippen molar-refractivity contribution in [3.8, 4) is 5.75 Å². The zero-order chi connectivity index (χ0) is 24.0. The predicted molar refractivity (Wildman–Crippen MR) is 123 cm³/mol. The van der Waals surface area contributed by atoms with Crippen molar-refractivity contribution >= 4 is 43.3 Å². The topological polar surface area (TPSA) is 113 Å². The van der Waals surface area contributed by atoms with Gasteiger partial charge in [0.05, 0.1) is 47.3 Å². The van der Waals surface area contributed by atoms with E-state index in [1.54, 1.807) is 42.0 Å². The van der Waals surface area contributed by atoms with Gasteiger partial charge in [-0.15, -0.1) is 0 Å². The van der Waals surface area contributed by atoms with Gasteiger partial charge in [-0.05, 0) is 42.5 Å². The van der Waals surface area contributed by atoms with Gasteiger partial charge in [-0.3, -0.25) is 4.79 Å². The highest BCUT2D eigenvalue weighted by Gasteiger charge is 2.17. The van der Waals surface area contributed by atoms with E-state index in [0.717, 1.165) is 10.2 Å². The Morgan fingerprint density at radius 3 is 2.42 bits per heavy atom. The Hall–Kier alpha value is -3.02. The minimum absolute atomic E-state index is 0.114. The van der Waals surface area contributed by atoms with Gasteiger partial charge in [0, 0.05) is 20.1 Å². The second kappa shape index (κ2) is 10.7. The van der Waals surface area contributed by atoms with Crippen LogP contribution in [0.3, 0.4) is 0 Å². The number of nitrogens with zero attached hydrogens (tertiary/aromatic N) is 2. The molecule has 0 bridgehead atoms. The van der Waals surface area contributed by atoms with E-state index < -0.39 is 21.7 Å². The van der Waals surface area contributed by atoms with Gasteiger partial charge in [-0.25, -0.2) is 13.2 Å². The van der Waals surface area contributed by atoms with Crippen LogP contribution in [0.1, 0.15) is 16.8 Å². The van der Waals surface area contributed by atoms with E-state index in [-0.39, 0.29) is 17.1 Å². The Balaban J connectivity index is 1.86. The molecule has 1 amide bonds. The molecular formula is C22H24N2O7S2. The second-order valence-corrected chi connectivity index (χ2v) is 10.1. The molecule has 3 aromatic rings. The van der Waals surface area contributed by atoms with E-state index in [0.29, 0.717) is 29.3 Å². The summed E-state index contributed by atoms with van der Waals surface area (Å²) >= 11 is 1.23. The van der Waals surface area contributed by atoms with Crippen molar-refractivity contribution in [2.24, 2.45) is 4.99 Å². The number of carbonyl (C=O) groups is 2. The Morgan fingerprint density at radius 1 is 1.06 bits per heavy atom. The molecule has 0 aliphatic rings. The molecule has 0 N–H and O–H groups in total. The number of sulfone groups is 1. The molecule has 2 aromatic carbocycles. The monoisotopic (exact) mass is 492 g/mol. The van der Waals surface area contributed by atoms with Crippen LogP contribution < -0.4 is 9.54 Å². The zero-order valence-electron chi connectivity index (χ0n) is 18.4. The smallest absolute Gasteiger partial charge is 0.337 e. The number of esters is 1. The van der Waals surface area contributed by atoms with Crippen molar-refractivity contribution in [3.63, 3.8) is 0 Å². The lowest BCUT2D eigenvalue weighted by atomic mass is 10.2. The molecule has 0 fully saturated rings. The van der Waals surface area contributed by atoms with Gasteiger partial charge in [-0.1, -0.05) is 11.3 Å². The summed E-state index contributed by atoms with van der Waals surface area (Å²) in [5, 5.41) is 0. The van der Waals surface area contributed by atoms with Crippen LogP contribution >= 0.6 is 11.3 Å². The average molecular weight is 493 g/mol. The fourth-order valence-corrected chi connectivity index (χ4v) is 5.43. The third-order valence-electron chi connectivity index (χ3n) is 4.85. The van der Waals surface area contributed by atoms with Gasteiger partial charge >= 0.3 is 5.97 Å². The van der Waals surface area contributed by atoms with Crippen molar-refractivity contribution in [1.82, 2.24) is 4.57 Å². The molecule has 0 spiro atoms. The van der Waals surface area contributed by atoms with Gasteiger partial charge in [0.15, 0.2) is 14.6 Å². The van der Waals surface area contributed by atoms with E-state index in [1.807, 2.05) is 0 Å². The molecule has 0 saturated carbocycles. The van der Waals surface area contributed by atoms with Crippen molar-refractivity contribution in [2.75, 3.05) is 33.7 Å². The highest BCUT2D eigenvalue weighted by Crippen LogP contribution is 2.20. The van der Waals surface area contributed by atoms with Gasteiger partial charge in [-0.2, -0.15) is 4.99 Å². The fraction of sp³-hybridized carbons (Fsp3) is 0.318. The number of hydrogen-bond acceptors (Lipinski definition) is 8. The van der Waals surface area contributed by atoms with Gasteiger partial charge in [0.2, 0.25) is 5.91 Å². The maximum Gasteiger partial charge on any atom is 0.337 e. The van der Waals surface area contributed by atoms with Gasteiger partial charge in [0.1, 0.15) is 5.75 Å². The summed E-state index contributed by atoms with van der Waals surface area (Å²) in [6, 6.07) is 11.1. The SMILES string of the molecule is COCCn1c(=NC(=O)CCS(=O)(=O)c2ccc(OC)cc2)sc2cc(C(=O)OC)ccc21. The third-order valence-corrected chi connectivity index (χ3v) is 7.62. The molecule has 0 aliphatic carbocycles. The number of carbonyl (C=O) groups excluding carboxylic acids is 2. The maximum absolute atomic E-state index is 12.6. The van der Waals surface area contributed by atoms with Crippen LogP contribution in [0.4, 0.5) is 0 Å². The highest BCUT2D eigenvalue weighted by molar-refractivity contribution is 7.91. The maximum atomic E-state index is 12.6. The van der Waals surface area contributed by atoms with E-state index in [4.69, 9.17) is 14.2 Å². The van der Waals surface area contributed by atoms with Crippen molar-refractivity contribution in [2.45, 2.75) is 17.9 Å². The van der Waals surface area contributed by atoms with Crippen molar-refractivity contribution < 1.29 is 32.2 Å². The standard InChI is InChI=1S/C22H24N2O7S2/c1-29-12-11-24-18-9-4-15(21(26)31-3)14-19(18)32-22(24)23-20(25)10-13-33(27,28)17-7-5-16(30-2)6-8-17/h4-9,14H,10-13H2,1-3H3. The van der Waals surface area contributed by atoms with E-state index in [2.05, 4.69) is 4.99 Å². The van der Waals surface area contributed by atoms with Crippen molar-refractivity contribution in [1.29, 1.82) is 0 Å². The molecule has 0 atom stereocenters. The average Bonchev–Trinajstić information content (AvgIpc) is 3.16. The second-order valence-electron chi connectivity index (χ2n) is 6.95. The number of rotatable bonds is 9. The molecule has 0 aliphatic heterocycles. The summed E-state index contributed by atoms with van der Waals surface area (Å²) in [7, 11) is 0.713. The van der Waals surface area contributed by atoms with E-state index >= 15 is 0 Å². The molecule has 0 unspecified atom stereocenters. The predicted octanol–water partition coefficient (Wildman–Crippen LogP) is 2.44. The molecule has 1 heterocycles. The summed E-state index contributed by atoms with van der Waals surface area (Å²) in [5.74, 6) is -0.845. The zero-order valence-corrected chi connectivity index (χ0v) is 20.1. The number of methoxy groups -OCH3 is 3. The largest absolute Gasteiger partial charge is 0.497 e. The van der Waals surface area contributed by atoms with Crippen LogP contribution in [-0.4, -0.2) is 58.6 Å². The summed E-state index contributed by atoms with van der Waals surface area (Å²) in [5.41, 5.74) is 1.16. The quantitative estimate of drug-likeness (QED) is 0.422. The molecule has 9 nitrogen and oxygen atoms in total. The summed E-state index contributed by atoms with van der Waals surface area (Å²) in [4.78, 5) is 29.1. The molecule has 33 heavy (non-hydrogen) atoms. The number of aromatic nitrogens is 1. The minimum Gasteiger partial charge on any atom is -0.497 e. The molecule has 0 radical (unpaired) electrons. The molecule has 0 saturated heterocycles. The van der Waals surface area contributed by atoms with Gasteiger partial charge in [0.25, 0.3) is 0 Å².